The number of aromatic nitrogens is 4. The van der Waals surface area contributed by atoms with Gasteiger partial charge in [-0.1, -0.05) is 0 Å². The molecule has 1 amide bonds. The number of imidazole rings is 2. The molecule has 0 bridgehead atoms. The van der Waals surface area contributed by atoms with Crippen molar-refractivity contribution in [3.63, 3.8) is 0 Å². The predicted molar refractivity (Wildman–Crippen MR) is 45.1 cm³/mol. The van der Waals surface area contributed by atoms with E-state index in [1.54, 1.807) is 12.4 Å². The minimum atomic E-state index is -0.271. The highest BCUT2D eigenvalue weighted by Crippen LogP contribution is 1.99. The summed E-state index contributed by atoms with van der Waals surface area (Å²) in [4.78, 5) is 24.3. The van der Waals surface area contributed by atoms with Gasteiger partial charge >= 0.3 is 0 Å². The van der Waals surface area contributed by atoms with E-state index in [2.05, 4.69) is 25.3 Å². The van der Waals surface area contributed by atoms with Crippen LogP contribution in [0.5, 0.6) is 0 Å². The lowest BCUT2D eigenvalue weighted by molar-refractivity contribution is 0.102. The maximum absolute atomic E-state index is 11.3. The van der Waals surface area contributed by atoms with Crippen molar-refractivity contribution in [1.29, 1.82) is 0 Å². The maximum Gasteiger partial charge on any atom is 0.276 e. The van der Waals surface area contributed by atoms with Gasteiger partial charge in [0.15, 0.2) is 0 Å². The molecule has 3 N–H and O–H groups in total. The number of aromatic amines is 2. The van der Waals surface area contributed by atoms with E-state index in [-0.39, 0.29) is 5.91 Å². The van der Waals surface area contributed by atoms with E-state index in [0.29, 0.717) is 11.6 Å². The Balaban J connectivity index is 2.08. The third-order valence-corrected chi connectivity index (χ3v) is 1.47. The molecule has 13 heavy (non-hydrogen) atoms. The van der Waals surface area contributed by atoms with E-state index < -0.39 is 0 Å². The van der Waals surface area contributed by atoms with Gasteiger partial charge in [0, 0.05) is 12.4 Å². The zero-order valence-corrected chi connectivity index (χ0v) is 6.61. The van der Waals surface area contributed by atoms with Crippen LogP contribution in [0, 0.1) is 0 Å². The first-order chi connectivity index (χ1) is 6.36. The zero-order valence-electron chi connectivity index (χ0n) is 6.61. The van der Waals surface area contributed by atoms with Crippen molar-refractivity contribution in [3.05, 3.63) is 30.6 Å². The van der Waals surface area contributed by atoms with Crippen LogP contribution >= 0.6 is 0 Å². The number of amides is 1. The Hall–Kier alpha value is -2.11. The molecule has 0 atom stereocenters. The average molecular weight is 177 g/mol. The Labute approximate surface area is 73.4 Å². The van der Waals surface area contributed by atoms with Crippen molar-refractivity contribution < 1.29 is 4.79 Å². The van der Waals surface area contributed by atoms with Gasteiger partial charge in [-0.2, -0.15) is 0 Å². The lowest BCUT2D eigenvalue weighted by atomic mass is 10.4. The van der Waals surface area contributed by atoms with Gasteiger partial charge in [-0.15, -0.1) is 0 Å². The number of hydrogen-bond acceptors (Lipinski definition) is 3. The van der Waals surface area contributed by atoms with Gasteiger partial charge in [-0.05, 0) is 0 Å². The number of carbonyl (C=O) groups excluding carboxylic acids is 1. The lowest BCUT2D eigenvalue weighted by Crippen LogP contribution is -2.13. The molecule has 2 rings (SSSR count). The second kappa shape index (κ2) is 3.10. The van der Waals surface area contributed by atoms with Crippen LogP contribution in [0.2, 0.25) is 0 Å². The van der Waals surface area contributed by atoms with Gasteiger partial charge in [-0.3, -0.25) is 10.1 Å². The van der Waals surface area contributed by atoms with E-state index in [4.69, 9.17) is 0 Å². The molecular formula is C7H7N5O. The third-order valence-electron chi connectivity index (χ3n) is 1.47. The molecule has 6 nitrogen and oxygen atoms in total. The Morgan fingerprint density at radius 2 is 2.38 bits per heavy atom. The minimum absolute atomic E-state index is 0.271. The zero-order chi connectivity index (χ0) is 9.10. The topological polar surface area (TPSA) is 86.5 Å². The highest BCUT2D eigenvalue weighted by atomic mass is 16.2. The third kappa shape index (κ3) is 1.56. The molecule has 0 aliphatic carbocycles. The van der Waals surface area contributed by atoms with Gasteiger partial charge in [-0.25, -0.2) is 9.97 Å². The Morgan fingerprint density at radius 1 is 1.46 bits per heavy atom. The first-order valence-corrected chi connectivity index (χ1v) is 3.65. The molecule has 0 saturated heterocycles. The smallest absolute Gasteiger partial charge is 0.276 e. The van der Waals surface area contributed by atoms with Crippen molar-refractivity contribution in [2.24, 2.45) is 0 Å². The first kappa shape index (κ1) is 7.53. The fraction of sp³-hybridized carbons (Fsp3) is 0. The van der Waals surface area contributed by atoms with Crippen molar-refractivity contribution in [2.45, 2.75) is 0 Å². The molecule has 6 heteroatoms. The van der Waals surface area contributed by atoms with Gasteiger partial charge in [0.1, 0.15) is 5.69 Å². The predicted octanol–water partition coefficient (Wildman–Crippen LogP) is 0.385. The van der Waals surface area contributed by atoms with Crippen LogP contribution in [0.3, 0.4) is 0 Å². The van der Waals surface area contributed by atoms with E-state index in [1.807, 2.05) is 0 Å². The van der Waals surface area contributed by atoms with Gasteiger partial charge in [0.2, 0.25) is 5.95 Å². The van der Waals surface area contributed by atoms with Gasteiger partial charge in [0.05, 0.1) is 12.5 Å². The number of carbonyl (C=O) groups is 1. The highest BCUT2D eigenvalue weighted by Gasteiger charge is 2.07. The van der Waals surface area contributed by atoms with Crippen LogP contribution in [-0.2, 0) is 0 Å². The standard InChI is InChI=1S/C7H7N5O/c13-6(5-3-8-4-11-5)12-7-9-1-2-10-7/h1-4H,(H,8,11)(H2,9,10,12,13). The van der Waals surface area contributed by atoms with E-state index >= 15 is 0 Å². The summed E-state index contributed by atoms with van der Waals surface area (Å²) in [5, 5.41) is 2.55. The molecular weight excluding hydrogens is 170 g/mol. The van der Waals surface area contributed by atoms with Crippen molar-refractivity contribution in [2.75, 3.05) is 5.32 Å². The fourth-order valence-electron chi connectivity index (χ4n) is 0.889. The van der Waals surface area contributed by atoms with E-state index in [9.17, 15) is 4.79 Å². The van der Waals surface area contributed by atoms with E-state index in [0.717, 1.165) is 0 Å². The van der Waals surface area contributed by atoms with Crippen LogP contribution in [0.4, 0.5) is 5.95 Å². The molecule has 0 unspecified atom stereocenters. The molecule has 0 aliphatic heterocycles. The molecule has 2 heterocycles. The number of nitrogens with zero attached hydrogens (tertiary/aromatic N) is 2. The number of hydrogen-bond donors (Lipinski definition) is 3. The second-order valence-corrected chi connectivity index (χ2v) is 2.36. The number of H-pyrrole nitrogens is 2. The van der Waals surface area contributed by atoms with Crippen LogP contribution in [0.25, 0.3) is 0 Å². The summed E-state index contributed by atoms with van der Waals surface area (Å²) in [5.41, 5.74) is 0.399. The summed E-state index contributed by atoms with van der Waals surface area (Å²) in [6.45, 7) is 0. The molecule has 0 aromatic carbocycles. The van der Waals surface area contributed by atoms with Crippen LogP contribution in [0.1, 0.15) is 10.5 Å². The number of nitrogens with one attached hydrogen (secondary N) is 3. The average Bonchev–Trinajstić information content (AvgIpc) is 2.74. The number of rotatable bonds is 2. The normalized spacial score (nSPS) is 9.85. The SMILES string of the molecule is O=C(Nc1ncc[nH]1)c1cnc[nH]1. The van der Waals surface area contributed by atoms with Crippen molar-refractivity contribution in [3.8, 4) is 0 Å². The Kier molecular flexibility index (Phi) is 1.79. The summed E-state index contributed by atoms with van der Waals surface area (Å²) in [6, 6.07) is 0. The van der Waals surface area contributed by atoms with E-state index in [1.165, 1.54) is 12.5 Å². The summed E-state index contributed by atoms with van der Waals surface area (Å²) >= 11 is 0. The molecule has 0 radical (unpaired) electrons. The summed E-state index contributed by atoms with van der Waals surface area (Å²) in [5.74, 6) is 0.145. The summed E-state index contributed by atoms with van der Waals surface area (Å²) in [7, 11) is 0. The first-order valence-electron chi connectivity index (χ1n) is 3.65. The number of anilines is 1. The highest BCUT2D eigenvalue weighted by molar-refractivity contribution is 6.01. The van der Waals surface area contributed by atoms with Crippen LogP contribution in [0.15, 0.2) is 24.9 Å². The van der Waals surface area contributed by atoms with Crippen LogP contribution < -0.4 is 5.32 Å². The molecule has 0 fully saturated rings. The summed E-state index contributed by atoms with van der Waals surface area (Å²) < 4.78 is 0. The second-order valence-electron chi connectivity index (χ2n) is 2.36. The largest absolute Gasteiger partial charge is 0.341 e. The fourth-order valence-corrected chi connectivity index (χ4v) is 0.889. The Bertz CT molecular complexity index is 377. The van der Waals surface area contributed by atoms with Crippen molar-refractivity contribution >= 4 is 11.9 Å². The summed E-state index contributed by atoms with van der Waals surface area (Å²) in [6.07, 6.45) is 6.07. The van der Waals surface area contributed by atoms with Crippen LogP contribution in [-0.4, -0.2) is 25.8 Å². The molecule has 2 aromatic heterocycles. The molecule has 0 saturated carbocycles. The molecule has 66 valence electrons. The maximum atomic E-state index is 11.3. The lowest BCUT2D eigenvalue weighted by Gasteiger charge is -1.97. The van der Waals surface area contributed by atoms with Gasteiger partial charge in [0.25, 0.3) is 5.91 Å². The van der Waals surface area contributed by atoms with Crippen molar-refractivity contribution in [1.82, 2.24) is 19.9 Å². The minimum Gasteiger partial charge on any atom is -0.341 e. The quantitative estimate of drug-likeness (QED) is 0.620. The monoisotopic (exact) mass is 177 g/mol. The molecule has 2 aromatic rings. The van der Waals surface area contributed by atoms with Gasteiger partial charge < -0.3 is 9.97 Å². The molecule has 0 spiro atoms. The molecule has 0 aliphatic rings. The Morgan fingerprint density at radius 3 is 3.00 bits per heavy atom.